The Morgan fingerprint density at radius 1 is 1.11 bits per heavy atom. The van der Waals surface area contributed by atoms with Crippen LogP contribution >= 0.6 is 0 Å². The second kappa shape index (κ2) is 6.16. The molecule has 5 rings (SSSR count). The maximum absolute atomic E-state index is 14.8. The molecular formula is C21H22FN5. The van der Waals surface area contributed by atoms with Gasteiger partial charge in [0.1, 0.15) is 17.2 Å². The third-order valence-electron chi connectivity index (χ3n) is 5.54. The van der Waals surface area contributed by atoms with Gasteiger partial charge in [-0.3, -0.25) is 4.68 Å². The summed E-state index contributed by atoms with van der Waals surface area (Å²) in [6, 6.07) is 7.72. The summed E-state index contributed by atoms with van der Waals surface area (Å²) in [5.74, 6) is 1.02. The van der Waals surface area contributed by atoms with Crippen LogP contribution in [0.1, 0.15) is 30.1 Å². The minimum atomic E-state index is -0.251. The monoisotopic (exact) mass is 363 g/mol. The van der Waals surface area contributed by atoms with Crippen LogP contribution in [-0.2, 0) is 7.05 Å². The third-order valence-corrected chi connectivity index (χ3v) is 5.54. The third kappa shape index (κ3) is 2.80. The summed E-state index contributed by atoms with van der Waals surface area (Å²) in [6.07, 6.45) is 4.06. The van der Waals surface area contributed by atoms with Gasteiger partial charge in [0.15, 0.2) is 0 Å². The second-order valence-corrected chi connectivity index (χ2v) is 7.53. The quantitative estimate of drug-likeness (QED) is 0.565. The molecule has 1 saturated heterocycles. The first-order valence-corrected chi connectivity index (χ1v) is 9.43. The van der Waals surface area contributed by atoms with Gasteiger partial charge < -0.3 is 10.3 Å². The molecule has 0 spiro atoms. The average molecular weight is 363 g/mol. The smallest absolute Gasteiger partial charge is 0.149 e. The molecule has 0 atom stereocenters. The summed E-state index contributed by atoms with van der Waals surface area (Å²) in [6.45, 7) is 4.01. The molecule has 2 aromatic carbocycles. The lowest BCUT2D eigenvalue weighted by Crippen LogP contribution is -2.27. The first-order chi connectivity index (χ1) is 13.1. The van der Waals surface area contributed by atoms with Crippen molar-refractivity contribution in [2.75, 3.05) is 13.1 Å². The molecule has 2 N–H and O–H groups in total. The summed E-state index contributed by atoms with van der Waals surface area (Å²) in [5.41, 5.74) is 5.10. The van der Waals surface area contributed by atoms with Gasteiger partial charge in [-0.25, -0.2) is 9.37 Å². The normalized spacial score (nSPS) is 15.8. The Morgan fingerprint density at radius 3 is 2.70 bits per heavy atom. The molecule has 138 valence electrons. The second-order valence-electron chi connectivity index (χ2n) is 7.53. The van der Waals surface area contributed by atoms with Crippen molar-refractivity contribution in [1.29, 1.82) is 0 Å². The number of hydrogen-bond acceptors (Lipinski definition) is 3. The van der Waals surface area contributed by atoms with Crippen molar-refractivity contribution in [2.45, 2.75) is 25.7 Å². The number of H-pyrrole nitrogens is 1. The molecule has 27 heavy (non-hydrogen) atoms. The van der Waals surface area contributed by atoms with Crippen LogP contribution in [0.3, 0.4) is 0 Å². The van der Waals surface area contributed by atoms with Crippen molar-refractivity contribution in [3.63, 3.8) is 0 Å². The molecule has 3 heterocycles. The molecule has 0 radical (unpaired) electrons. The number of halogens is 1. The van der Waals surface area contributed by atoms with E-state index >= 15 is 0 Å². The highest BCUT2D eigenvalue weighted by Crippen LogP contribution is 2.32. The van der Waals surface area contributed by atoms with Crippen molar-refractivity contribution >= 4 is 21.9 Å². The van der Waals surface area contributed by atoms with E-state index in [1.807, 2.05) is 30.9 Å². The highest BCUT2D eigenvalue weighted by molar-refractivity contribution is 5.89. The number of nitrogens with zero attached hydrogens (tertiary/aromatic N) is 3. The Bertz CT molecular complexity index is 1150. The van der Waals surface area contributed by atoms with E-state index in [-0.39, 0.29) is 5.82 Å². The lowest BCUT2D eigenvalue weighted by atomic mass is 9.98. The highest BCUT2D eigenvalue weighted by atomic mass is 19.1. The van der Waals surface area contributed by atoms with E-state index in [1.165, 1.54) is 0 Å². The number of imidazole rings is 1. The highest BCUT2D eigenvalue weighted by Gasteiger charge is 2.20. The lowest BCUT2D eigenvalue weighted by molar-refractivity contribution is 0.448. The molecule has 0 saturated carbocycles. The van der Waals surface area contributed by atoms with E-state index in [9.17, 15) is 4.39 Å². The van der Waals surface area contributed by atoms with Crippen molar-refractivity contribution in [3.05, 3.63) is 47.7 Å². The number of aromatic amines is 1. The Balaban J connectivity index is 1.61. The molecule has 1 aliphatic rings. The largest absolute Gasteiger partial charge is 0.339 e. The number of piperidine rings is 1. The lowest BCUT2D eigenvalue weighted by Gasteiger charge is -2.20. The standard InChI is InChI=1S/C21H22FN5/c1-12-7-14(8-16-11-27(2)26-19(12)16)15-9-17(22)20-18(10-15)24-21(25-20)13-3-5-23-6-4-13/h7-11,13,23H,3-6H2,1-2H3,(H,24,25). The molecule has 1 aliphatic heterocycles. The molecule has 0 unspecified atom stereocenters. The van der Waals surface area contributed by atoms with Crippen molar-refractivity contribution < 1.29 is 4.39 Å². The molecule has 6 heteroatoms. The maximum Gasteiger partial charge on any atom is 0.149 e. The van der Waals surface area contributed by atoms with Gasteiger partial charge in [0.2, 0.25) is 0 Å². The van der Waals surface area contributed by atoms with Crippen LogP contribution < -0.4 is 5.32 Å². The number of aryl methyl sites for hydroxylation is 2. The zero-order valence-electron chi connectivity index (χ0n) is 15.5. The van der Waals surface area contributed by atoms with Crippen LogP contribution in [-0.4, -0.2) is 32.8 Å². The van der Waals surface area contributed by atoms with Crippen molar-refractivity contribution in [2.24, 2.45) is 7.05 Å². The van der Waals surface area contributed by atoms with Gasteiger partial charge in [-0.05, 0) is 73.8 Å². The molecule has 0 aliphatic carbocycles. The van der Waals surface area contributed by atoms with Crippen LogP contribution in [0.4, 0.5) is 4.39 Å². The van der Waals surface area contributed by atoms with Gasteiger partial charge in [0, 0.05) is 24.5 Å². The number of aromatic nitrogens is 4. The van der Waals surface area contributed by atoms with E-state index < -0.39 is 0 Å². The molecule has 4 aromatic rings. The van der Waals surface area contributed by atoms with Crippen LogP contribution in [0.5, 0.6) is 0 Å². The van der Waals surface area contributed by atoms with Crippen LogP contribution in [0.2, 0.25) is 0 Å². The fourth-order valence-electron chi connectivity index (χ4n) is 4.14. The van der Waals surface area contributed by atoms with Gasteiger partial charge in [0.05, 0.1) is 11.0 Å². The minimum absolute atomic E-state index is 0.251. The summed E-state index contributed by atoms with van der Waals surface area (Å²) in [4.78, 5) is 7.96. The van der Waals surface area contributed by atoms with Gasteiger partial charge >= 0.3 is 0 Å². The van der Waals surface area contributed by atoms with E-state index in [1.54, 1.807) is 6.07 Å². The van der Waals surface area contributed by atoms with Crippen LogP contribution in [0.25, 0.3) is 33.1 Å². The topological polar surface area (TPSA) is 58.5 Å². The Kier molecular flexibility index (Phi) is 3.75. The zero-order valence-corrected chi connectivity index (χ0v) is 15.5. The SMILES string of the molecule is Cc1cc(-c2cc(F)c3[nH]c(C4CCNCC4)nc3c2)cc2cn(C)nc12. The Hall–Kier alpha value is -2.73. The van der Waals surface area contributed by atoms with Gasteiger partial charge in [-0.15, -0.1) is 0 Å². The minimum Gasteiger partial charge on any atom is -0.339 e. The molecule has 2 aromatic heterocycles. The summed E-state index contributed by atoms with van der Waals surface area (Å²) >= 11 is 0. The Labute approximate surface area is 156 Å². The van der Waals surface area contributed by atoms with Crippen molar-refractivity contribution in [1.82, 2.24) is 25.1 Å². The van der Waals surface area contributed by atoms with E-state index in [2.05, 4.69) is 27.5 Å². The van der Waals surface area contributed by atoms with E-state index in [0.29, 0.717) is 17.0 Å². The summed E-state index contributed by atoms with van der Waals surface area (Å²) < 4.78 is 16.6. The number of hydrogen-bond donors (Lipinski definition) is 2. The van der Waals surface area contributed by atoms with E-state index in [0.717, 1.165) is 59.3 Å². The first kappa shape index (κ1) is 16.4. The van der Waals surface area contributed by atoms with Gasteiger partial charge in [-0.2, -0.15) is 5.10 Å². The summed E-state index contributed by atoms with van der Waals surface area (Å²) in [7, 11) is 1.91. The number of fused-ring (bicyclic) bond motifs is 2. The van der Waals surface area contributed by atoms with E-state index in [4.69, 9.17) is 4.98 Å². The number of benzene rings is 2. The Morgan fingerprint density at radius 2 is 1.89 bits per heavy atom. The maximum atomic E-state index is 14.8. The molecule has 0 bridgehead atoms. The molecule has 5 nitrogen and oxygen atoms in total. The predicted molar refractivity (Wildman–Crippen MR) is 105 cm³/mol. The molecule has 1 fully saturated rings. The fourth-order valence-corrected chi connectivity index (χ4v) is 4.14. The fraction of sp³-hybridized carbons (Fsp3) is 0.333. The summed E-state index contributed by atoms with van der Waals surface area (Å²) in [5, 5.41) is 8.91. The molecular weight excluding hydrogens is 341 g/mol. The number of rotatable bonds is 2. The van der Waals surface area contributed by atoms with Gasteiger partial charge in [-0.1, -0.05) is 0 Å². The van der Waals surface area contributed by atoms with Gasteiger partial charge in [0.25, 0.3) is 0 Å². The zero-order chi connectivity index (χ0) is 18.5. The van der Waals surface area contributed by atoms with Crippen LogP contribution in [0, 0.1) is 12.7 Å². The van der Waals surface area contributed by atoms with Crippen LogP contribution in [0.15, 0.2) is 30.5 Å². The molecule has 0 amide bonds. The predicted octanol–water partition coefficient (Wildman–Crippen LogP) is 4.03. The number of nitrogens with one attached hydrogen (secondary N) is 2. The van der Waals surface area contributed by atoms with Crippen molar-refractivity contribution in [3.8, 4) is 11.1 Å². The first-order valence-electron chi connectivity index (χ1n) is 9.43. The average Bonchev–Trinajstić information content (AvgIpc) is 3.26.